The molecule has 9 rings (SSSR count). The van der Waals surface area contributed by atoms with E-state index < -0.39 is 47.6 Å². The zero-order chi connectivity index (χ0) is 64.8. The molecule has 10 atom stereocenters. The Kier molecular flexibility index (Phi) is 22.2. The summed E-state index contributed by atoms with van der Waals surface area (Å²) in [6, 6.07) is 29.3. The van der Waals surface area contributed by atoms with E-state index in [-0.39, 0.29) is 71.8 Å². The van der Waals surface area contributed by atoms with Gasteiger partial charge in [0, 0.05) is 21.2 Å². The number of esters is 3. The van der Waals surface area contributed by atoms with Crippen molar-refractivity contribution in [1.82, 2.24) is 25.8 Å². The van der Waals surface area contributed by atoms with Gasteiger partial charge in [-0.15, -0.1) is 0 Å². The molecule has 0 radical (unpaired) electrons. The van der Waals surface area contributed by atoms with Gasteiger partial charge in [-0.25, -0.2) is 19.2 Å². The molecule has 3 aliphatic carbocycles. The van der Waals surface area contributed by atoms with Gasteiger partial charge >= 0.3 is 24.0 Å². The molecule has 0 aromatic heterocycles. The fraction of sp³-hybridized carbons (Fsp3) is 0.629. The Bertz CT molecular complexity index is 2930. The number of ether oxygens (including phenoxy) is 6. The lowest BCUT2D eigenvalue weighted by Crippen LogP contribution is -2.52. The van der Waals surface area contributed by atoms with Crippen molar-refractivity contribution in [2.75, 3.05) is 33.8 Å². The first-order valence-corrected chi connectivity index (χ1v) is 35.7. The van der Waals surface area contributed by atoms with E-state index in [4.69, 9.17) is 28.4 Å². The highest BCUT2D eigenvalue weighted by atomic mass is 28.3. The molecule has 2 aliphatic heterocycles. The number of alkyl carbamates (subject to hydrolysis) is 1. The molecule has 5 fully saturated rings. The van der Waals surface area contributed by atoms with Crippen LogP contribution in [0, 0.1) is 17.8 Å². The number of rotatable bonds is 20. The normalized spacial score (nSPS) is 26.8. The first kappa shape index (κ1) is 69.5. The molecule has 2 saturated heterocycles. The topological polar surface area (TPSA) is 200 Å². The highest BCUT2D eigenvalue weighted by Crippen LogP contribution is 2.50. The van der Waals surface area contributed by atoms with Crippen LogP contribution in [-0.4, -0.2) is 145 Å². The van der Waals surface area contributed by atoms with Gasteiger partial charge in [-0.3, -0.25) is 19.4 Å². The largest absolute Gasteiger partial charge is 0.458 e. The summed E-state index contributed by atoms with van der Waals surface area (Å²) in [6.45, 7) is 32.2. The predicted octanol–water partition coefficient (Wildman–Crippen LogP) is 11.7. The van der Waals surface area contributed by atoms with Crippen molar-refractivity contribution < 1.29 is 57.2 Å². The van der Waals surface area contributed by atoms with Crippen molar-refractivity contribution in [1.29, 1.82) is 0 Å². The molecular formula is C70H103N5O12Si. The van der Waals surface area contributed by atoms with Crippen molar-refractivity contribution in [3.05, 3.63) is 96.1 Å². The lowest BCUT2D eigenvalue weighted by atomic mass is 10.1. The molecule has 484 valence electrons. The van der Waals surface area contributed by atoms with E-state index in [2.05, 4.69) is 84.1 Å². The molecule has 3 N–H and O–H groups in total. The summed E-state index contributed by atoms with van der Waals surface area (Å²) in [4.78, 5) is 80.7. The van der Waals surface area contributed by atoms with Crippen LogP contribution in [0.1, 0.15) is 146 Å². The molecule has 17 nitrogen and oxygen atoms in total. The standard InChI is InChI=1S/2C27H36N2O4.C16H31NO4Si/c2*1-6-20-15-27(20,25(31)33-26(2,3)4)28-24(30)23-14-21(16-29(23)5)32-17-19-12-9-11-18-10-7-8-13-22(18)19;1-8-12-11-16(12,13(18)21-15(2,3)4)17-14(19)20-9-10-22(5,6)7/h2*7-13,20-21,23H,6,14-17H2,1-5H3,(H,28,30);12H,8-11H2,1-7H3,(H,17,19)/t20?,21-,23?,27+;20-,21+,23?,27+;/m10./s1. The number of benzene rings is 4. The van der Waals surface area contributed by atoms with Gasteiger partial charge < -0.3 is 44.4 Å². The van der Waals surface area contributed by atoms with Crippen LogP contribution in [0.2, 0.25) is 25.7 Å². The second-order valence-electron chi connectivity index (χ2n) is 29.4. The monoisotopic (exact) mass is 1230 g/mol. The average molecular weight is 1230 g/mol. The van der Waals surface area contributed by atoms with Crippen LogP contribution in [-0.2, 0) is 65.6 Å². The van der Waals surface area contributed by atoms with E-state index in [1.807, 2.05) is 143 Å². The summed E-state index contributed by atoms with van der Waals surface area (Å²) >= 11 is 0. The molecule has 2 heterocycles. The fourth-order valence-electron chi connectivity index (χ4n) is 12.2. The van der Waals surface area contributed by atoms with E-state index in [0.717, 1.165) is 36.4 Å². The molecule has 88 heavy (non-hydrogen) atoms. The fourth-order valence-corrected chi connectivity index (χ4v) is 12.9. The third kappa shape index (κ3) is 18.2. The van der Waals surface area contributed by atoms with Crippen LogP contribution in [0.15, 0.2) is 84.9 Å². The van der Waals surface area contributed by atoms with Gasteiger partial charge in [0.05, 0.1) is 44.1 Å². The molecular weight excluding hydrogens is 1130 g/mol. The van der Waals surface area contributed by atoms with Crippen LogP contribution in [0.25, 0.3) is 21.5 Å². The third-order valence-corrected chi connectivity index (χ3v) is 19.2. The lowest BCUT2D eigenvalue weighted by Gasteiger charge is -2.27. The third-order valence-electron chi connectivity index (χ3n) is 17.5. The van der Waals surface area contributed by atoms with Gasteiger partial charge in [-0.05, 0) is 165 Å². The summed E-state index contributed by atoms with van der Waals surface area (Å²) < 4.78 is 34.4. The summed E-state index contributed by atoms with van der Waals surface area (Å²) in [7, 11) is 2.64. The number of nitrogens with zero attached hydrogens (tertiary/aromatic N) is 2. The molecule has 3 saturated carbocycles. The van der Waals surface area contributed by atoms with Gasteiger partial charge in [-0.1, -0.05) is 145 Å². The van der Waals surface area contributed by atoms with Gasteiger partial charge in [0.1, 0.15) is 33.4 Å². The molecule has 3 amide bonds. The first-order valence-electron chi connectivity index (χ1n) is 32.0. The van der Waals surface area contributed by atoms with Crippen LogP contribution in [0.3, 0.4) is 0 Å². The Morgan fingerprint density at radius 3 is 1.18 bits per heavy atom. The van der Waals surface area contributed by atoms with Gasteiger partial charge in [-0.2, -0.15) is 0 Å². The molecule has 4 aromatic carbocycles. The number of fused-ring (bicyclic) bond motifs is 2. The second kappa shape index (κ2) is 28.1. The molecule has 18 heteroatoms. The predicted molar refractivity (Wildman–Crippen MR) is 347 cm³/mol. The van der Waals surface area contributed by atoms with Crippen molar-refractivity contribution in [2.24, 2.45) is 17.8 Å². The number of amides is 3. The lowest BCUT2D eigenvalue weighted by molar-refractivity contribution is -0.161. The van der Waals surface area contributed by atoms with Gasteiger partial charge in [0.2, 0.25) is 11.8 Å². The van der Waals surface area contributed by atoms with Crippen LogP contribution >= 0.6 is 0 Å². The number of carbonyl (C=O) groups is 6. The highest BCUT2D eigenvalue weighted by Gasteiger charge is 2.64. The van der Waals surface area contributed by atoms with Crippen molar-refractivity contribution in [3.8, 4) is 0 Å². The maximum Gasteiger partial charge on any atom is 0.408 e. The van der Waals surface area contributed by atoms with E-state index in [1.54, 1.807) is 0 Å². The zero-order valence-electron chi connectivity index (χ0n) is 55.8. The Hall–Kier alpha value is -5.92. The molecule has 0 bridgehead atoms. The number of likely N-dealkylation sites (tertiary alicyclic amines) is 2. The van der Waals surface area contributed by atoms with E-state index >= 15 is 0 Å². The molecule has 5 aliphatic rings. The van der Waals surface area contributed by atoms with Gasteiger partial charge in [0.25, 0.3) is 0 Å². The Morgan fingerprint density at radius 1 is 0.511 bits per heavy atom. The van der Waals surface area contributed by atoms with Crippen molar-refractivity contribution in [3.63, 3.8) is 0 Å². The summed E-state index contributed by atoms with van der Waals surface area (Å²) in [5.41, 5.74) is -2.09. The molecule has 5 unspecified atom stereocenters. The maximum absolute atomic E-state index is 13.2. The Morgan fingerprint density at radius 2 is 0.852 bits per heavy atom. The number of hydrogen-bond acceptors (Lipinski definition) is 14. The number of nitrogens with one attached hydrogen (secondary N) is 3. The first-order chi connectivity index (χ1) is 41.1. The van der Waals surface area contributed by atoms with Crippen LogP contribution in [0.5, 0.6) is 0 Å². The summed E-state index contributed by atoms with van der Waals surface area (Å²) in [6.07, 6.45) is 5.02. The number of likely N-dealkylation sites (N-methyl/N-ethyl adjacent to an activating group) is 2. The average Bonchev–Trinajstić information content (AvgIpc) is 2.06. The van der Waals surface area contributed by atoms with Crippen molar-refractivity contribution >= 4 is 65.4 Å². The molecule has 4 aromatic rings. The smallest absolute Gasteiger partial charge is 0.408 e. The van der Waals surface area contributed by atoms with Gasteiger partial charge in [0.15, 0.2) is 0 Å². The Labute approximate surface area is 524 Å². The van der Waals surface area contributed by atoms with Crippen LogP contribution < -0.4 is 16.0 Å². The van der Waals surface area contributed by atoms with E-state index in [0.29, 0.717) is 65.0 Å². The minimum atomic E-state index is -1.24. The zero-order valence-corrected chi connectivity index (χ0v) is 56.8. The maximum atomic E-state index is 13.2. The second-order valence-corrected chi connectivity index (χ2v) is 35.0. The van der Waals surface area contributed by atoms with Crippen LogP contribution in [0.4, 0.5) is 4.79 Å². The van der Waals surface area contributed by atoms with E-state index in [9.17, 15) is 28.8 Å². The SMILES string of the molecule is CCC1CC1(NC(=O)OCC[Si](C)(C)C)C(=O)OC(C)(C)C.CCC1C[C@@]1(NC(=O)C1C[C@@H](OCc2cccc3ccccc23)CN1C)C(=O)OC(C)(C)C.CC[C@H]1C[C@]1(NC(=O)C1C[C@@H](OCc2cccc3ccccc23)CN1C)C(=O)OC(C)(C)C. The van der Waals surface area contributed by atoms with E-state index in [1.165, 1.54) is 21.5 Å². The summed E-state index contributed by atoms with van der Waals surface area (Å²) in [5.74, 6) is -0.839. The van der Waals surface area contributed by atoms with Crippen molar-refractivity contribution in [2.45, 2.75) is 231 Å². The minimum Gasteiger partial charge on any atom is -0.458 e. The summed E-state index contributed by atoms with van der Waals surface area (Å²) in [5, 5.41) is 13.7. The number of carbonyl (C=O) groups excluding carboxylic acids is 6. The highest BCUT2D eigenvalue weighted by molar-refractivity contribution is 6.76. The quantitative estimate of drug-likeness (QED) is 0.0429. The minimum absolute atomic E-state index is 0.0385. The number of hydrogen-bond donors (Lipinski definition) is 3. The Balaban J connectivity index is 0.000000193. The molecule has 0 spiro atoms.